The smallest absolute Gasteiger partial charge is 0.307 e. The lowest BCUT2D eigenvalue weighted by atomic mass is 10.1. The van der Waals surface area contributed by atoms with E-state index in [1.165, 1.54) is 6.07 Å². The van der Waals surface area contributed by atoms with Crippen molar-refractivity contribution in [1.82, 2.24) is 5.32 Å². The van der Waals surface area contributed by atoms with Gasteiger partial charge >= 0.3 is 5.97 Å². The van der Waals surface area contributed by atoms with Gasteiger partial charge in [0.2, 0.25) is 5.91 Å². The van der Waals surface area contributed by atoms with Crippen LogP contribution in [0.2, 0.25) is 0 Å². The maximum Gasteiger partial charge on any atom is 0.307 e. The van der Waals surface area contributed by atoms with Gasteiger partial charge in [0.15, 0.2) is 0 Å². The van der Waals surface area contributed by atoms with Crippen LogP contribution in [0.25, 0.3) is 0 Å². The van der Waals surface area contributed by atoms with Crippen LogP contribution in [0.1, 0.15) is 12.0 Å². The van der Waals surface area contributed by atoms with Crippen LogP contribution in [0.3, 0.4) is 0 Å². The van der Waals surface area contributed by atoms with E-state index >= 15 is 0 Å². The highest BCUT2D eigenvalue weighted by molar-refractivity contribution is 5.89. The van der Waals surface area contributed by atoms with Crippen molar-refractivity contribution in [2.75, 3.05) is 6.54 Å². The Morgan fingerprint density at radius 3 is 2.67 bits per heavy atom. The Morgan fingerprint density at radius 1 is 1.33 bits per heavy atom. The number of benzene rings is 1. The first kappa shape index (κ1) is 12.5. The Morgan fingerprint density at radius 2 is 2.06 bits per heavy atom. The van der Waals surface area contributed by atoms with Gasteiger partial charge in [0.25, 0.3) is 0 Å². The predicted octanol–water partition coefficient (Wildman–Crippen LogP) is 1.21. The topological polar surface area (TPSA) is 66.4 Å². The third kappa shape index (κ3) is 2.85. The van der Waals surface area contributed by atoms with Crippen LogP contribution < -0.4 is 5.32 Å². The lowest BCUT2D eigenvalue weighted by Gasteiger charge is -2.05. The summed E-state index contributed by atoms with van der Waals surface area (Å²) in [5.41, 5.74) is 0.545. The van der Waals surface area contributed by atoms with Gasteiger partial charge in [-0.2, -0.15) is 0 Å². The SMILES string of the molecule is O=C(O)[C@H]1C[C@H]1C(=O)NCCc1ccccc1F. The first-order chi connectivity index (χ1) is 8.59. The zero-order valence-electron chi connectivity index (χ0n) is 9.73. The van der Waals surface area contributed by atoms with Crippen molar-refractivity contribution in [3.8, 4) is 0 Å². The second kappa shape index (κ2) is 5.16. The quantitative estimate of drug-likeness (QED) is 0.826. The van der Waals surface area contributed by atoms with Gasteiger partial charge in [0.1, 0.15) is 5.82 Å². The van der Waals surface area contributed by atoms with Gasteiger partial charge in [-0.1, -0.05) is 18.2 Å². The first-order valence-corrected chi connectivity index (χ1v) is 5.83. The number of carboxylic acid groups (broad SMARTS) is 1. The van der Waals surface area contributed by atoms with E-state index in [4.69, 9.17) is 5.11 Å². The van der Waals surface area contributed by atoms with E-state index < -0.39 is 17.8 Å². The number of halogens is 1. The molecule has 1 aromatic rings. The number of amides is 1. The molecule has 1 saturated carbocycles. The summed E-state index contributed by atoms with van der Waals surface area (Å²) >= 11 is 0. The van der Waals surface area contributed by atoms with Gasteiger partial charge in [0.05, 0.1) is 11.8 Å². The van der Waals surface area contributed by atoms with E-state index in [-0.39, 0.29) is 11.7 Å². The molecule has 0 unspecified atom stereocenters. The number of carbonyl (C=O) groups is 2. The summed E-state index contributed by atoms with van der Waals surface area (Å²) in [5.74, 6) is -2.42. The van der Waals surface area contributed by atoms with Crippen LogP contribution in [0, 0.1) is 17.7 Å². The molecule has 4 nitrogen and oxygen atoms in total. The van der Waals surface area contributed by atoms with Gasteiger partial charge in [-0.15, -0.1) is 0 Å². The molecule has 1 aromatic carbocycles. The Kier molecular flexibility index (Phi) is 3.60. The second-order valence-corrected chi connectivity index (χ2v) is 4.42. The molecule has 96 valence electrons. The summed E-state index contributed by atoms with van der Waals surface area (Å²) < 4.78 is 13.3. The van der Waals surface area contributed by atoms with Gasteiger partial charge in [-0.25, -0.2) is 4.39 Å². The molecule has 2 N–H and O–H groups in total. The van der Waals surface area contributed by atoms with E-state index in [0.717, 1.165) is 0 Å². The van der Waals surface area contributed by atoms with Crippen LogP contribution in [-0.2, 0) is 16.0 Å². The number of hydrogen-bond donors (Lipinski definition) is 2. The second-order valence-electron chi connectivity index (χ2n) is 4.42. The molecule has 0 spiro atoms. The molecule has 0 radical (unpaired) electrons. The summed E-state index contributed by atoms with van der Waals surface area (Å²) in [6.07, 6.45) is 0.809. The molecule has 1 aliphatic rings. The van der Waals surface area contributed by atoms with E-state index in [9.17, 15) is 14.0 Å². The summed E-state index contributed by atoms with van der Waals surface area (Å²) in [6.45, 7) is 0.322. The molecule has 1 fully saturated rings. The maximum absolute atomic E-state index is 13.3. The third-order valence-electron chi connectivity index (χ3n) is 3.10. The summed E-state index contributed by atoms with van der Waals surface area (Å²) in [4.78, 5) is 22.1. The predicted molar refractivity (Wildman–Crippen MR) is 62.3 cm³/mol. The van der Waals surface area contributed by atoms with Gasteiger partial charge in [0, 0.05) is 6.54 Å². The van der Waals surface area contributed by atoms with Crippen LogP contribution >= 0.6 is 0 Å². The summed E-state index contributed by atoms with van der Waals surface area (Å²) in [5, 5.41) is 11.3. The minimum absolute atomic E-state index is 0.251. The van der Waals surface area contributed by atoms with Crippen molar-refractivity contribution in [2.24, 2.45) is 11.8 Å². The molecule has 0 bridgehead atoms. The van der Waals surface area contributed by atoms with Crippen LogP contribution in [0.5, 0.6) is 0 Å². The highest BCUT2D eigenvalue weighted by atomic mass is 19.1. The number of hydrogen-bond acceptors (Lipinski definition) is 2. The zero-order valence-corrected chi connectivity index (χ0v) is 9.73. The molecule has 1 amide bonds. The van der Waals surface area contributed by atoms with Crippen molar-refractivity contribution in [3.63, 3.8) is 0 Å². The Labute approximate surface area is 104 Å². The maximum atomic E-state index is 13.3. The van der Waals surface area contributed by atoms with Crippen molar-refractivity contribution in [1.29, 1.82) is 0 Å². The van der Waals surface area contributed by atoms with Gasteiger partial charge in [-0.05, 0) is 24.5 Å². The zero-order chi connectivity index (χ0) is 13.1. The van der Waals surface area contributed by atoms with Gasteiger partial charge in [-0.3, -0.25) is 9.59 Å². The number of carboxylic acids is 1. The van der Waals surface area contributed by atoms with E-state index in [2.05, 4.69) is 5.32 Å². The molecule has 1 aliphatic carbocycles. The van der Waals surface area contributed by atoms with Crippen molar-refractivity contribution in [2.45, 2.75) is 12.8 Å². The number of carbonyl (C=O) groups excluding carboxylic acids is 1. The molecule has 18 heavy (non-hydrogen) atoms. The molecule has 5 heteroatoms. The number of rotatable bonds is 5. The van der Waals surface area contributed by atoms with Crippen LogP contribution in [0.15, 0.2) is 24.3 Å². The fraction of sp³-hybridized carbons (Fsp3) is 0.385. The molecular weight excluding hydrogens is 237 g/mol. The molecule has 0 aliphatic heterocycles. The minimum atomic E-state index is -0.927. The highest BCUT2D eigenvalue weighted by Crippen LogP contribution is 2.38. The normalized spacial score (nSPS) is 21.4. The van der Waals surface area contributed by atoms with Crippen LogP contribution in [-0.4, -0.2) is 23.5 Å². The monoisotopic (exact) mass is 251 g/mol. The van der Waals surface area contributed by atoms with Crippen LogP contribution in [0.4, 0.5) is 4.39 Å². The lowest BCUT2D eigenvalue weighted by molar-refractivity contribution is -0.140. The van der Waals surface area contributed by atoms with Crippen molar-refractivity contribution < 1.29 is 19.1 Å². The average Bonchev–Trinajstić information content (AvgIpc) is 3.11. The lowest BCUT2D eigenvalue weighted by Crippen LogP contribution is -2.28. The molecule has 2 rings (SSSR count). The third-order valence-corrected chi connectivity index (χ3v) is 3.10. The number of nitrogens with one attached hydrogen (secondary N) is 1. The van der Waals surface area contributed by atoms with Gasteiger partial charge < -0.3 is 10.4 Å². The molecule has 2 atom stereocenters. The highest BCUT2D eigenvalue weighted by Gasteiger charge is 2.48. The van der Waals surface area contributed by atoms with E-state index in [1.54, 1.807) is 18.2 Å². The summed E-state index contributed by atoms with van der Waals surface area (Å²) in [6, 6.07) is 6.39. The first-order valence-electron chi connectivity index (χ1n) is 5.83. The molecule has 0 aromatic heterocycles. The fourth-order valence-corrected chi connectivity index (χ4v) is 1.91. The molecule has 0 heterocycles. The van der Waals surface area contributed by atoms with E-state index in [1.807, 2.05) is 0 Å². The minimum Gasteiger partial charge on any atom is -0.481 e. The Hall–Kier alpha value is -1.91. The standard InChI is InChI=1S/C13H14FNO3/c14-11-4-2-1-3-8(11)5-6-15-12(16)9-7-10(9)13(17)18/h1-4,9-10H,5-7H2,(H,15,16)(H,17,18)/t9-,10+/m1/s1. The van der Waals surface area contributed by atoms with E-state index in [0.29, 0.717) is 24.9 Å². The number of aliphatic carboxylic acids is 1. The molecular formula is C13H14FNO3. The largest absolute Gasteiger partial charge is 0.481 e. The Balaban J connectivity index is 1.75. The Bertz CT molecular complexity index is 475. The molecule has 0 saturated heterocycles. The fourth-order valence-electron chi connectivity index (χ4n) is 1.91. The van der Waals surface area contributed by atoms with Crippen molar-refractivity contribution in [3.05, 3.63) is 35.6 Å². The van der Waals surface area contributed by atoms with Crippen molar-refractivity contribution >= 4 is 11.9 Å². The summed E-state index contributed by atoms with van der Waals surface area (Å²) in [7, 11) is 0. The average molecular weight is 251 g/mol.